The van der Waals surface area contributed by atoms with E-state index in [1.54, 1.807) is 16.7 Å². The summed E-state index contributed by atoms with van der Waals surface area (Å²) in [6, 6.07) is 7.21. The summed E-state index contributed by atoms with van der Waals surface area (Å²) in [6.07, 6.45) is 9.37. The van der Waals surface area contributed by atoms with Crippen molar-refractivity contribution in [2.75, 3.05) is 0 Å². The van der Waals surface area contributed by atoms with E-state index < -0.39 is 11.5 Å². The molecule has 136 valence electrons. The van der Waals surface area contributed by atoms with Crippen molar-refractivity contribution in [1.82, 2.24) is 4.57 Å². The van der Waals surface area contributed by atoms with E-state index in [-0.39, 0.29) is 10.6 Å². The number of rotatable bonds is 10. The molecule has 0 saturated carbocycles. The number of hydrogen-bond donors (Lipinski definition) is 1. The SMILES string of the molecule is CCCCCCCCCCn1c(=O)c(C(=O)O)c(Cl)c2ccccc21. The van der Waals surface area contributed by atoms with Gasteiger partial charge < -0.3 is 9.67 Å². The number of nitrogens with zero attached hydrogens (tertiary/aromatic N) is 1. The number of benzene rings is 1. The molecule has 2 aromatic rings. The molecule has 0 aliphatic carbocycles. The maximum absolute atomic E-state index is 12.6. The lowest BCUT2D eigenvalue weighted by Gasteiger charge is -2.13. The molecule has 1 heterocycles. The Bertz CT molecular complexity index is 782. The predicted molar refractivity (Wildman–Crippen MR) is 103 cm³/mol. The van der Waals surface area contributed by atoms with Gasteiger partial charge in [0.2, 0.25) is 0 Å². The number of hydrogen-bond acceptors (Lipinski definition) is 2. The zero-order valence-electron chi connectivity index (χ0n) is 14.8. The number of aryl methyl sites for hydroxylation is 1. The number of para-hydroxylation sites is 1. The number of carboxylic acid groups (broad SMARTS) is 1. The Morgan fingerprint density at radius 1 is 1.04 bits per heavy atom. The van der Waals surface area contributed by atoms with Crippen LogP contribution in [0, 0.1) is 0 Å². The van der Waals surface area contributed by atoms with E-state index in [9.17, 15) is 14.7 Å². The number of unbranched alkanes of at least 4 members (excludes halogenated alkanes) is 7. The van der Waals surface area contributed by atoms with Crippen molar-refractivity contribution < 1.29 is 9.90 Å². The maximum atomic E-state index is 12.6. The minimum Gasteiger partial charge on any atom is -0.477 e. The van der Waals surface area contributed by atoms with Crippen molar-refractivity contribution >= 4 is 28.5 Å². The monoisotopic (exact) mass is 363 g/mol. The van der Waals surface area contributed by atoms with Crippen LogP contribution < -0.4 is 5.56 Å². The zero-order valence-corrected chi connectivity index (χ0v) is 15.5. The molecule has 2 rings (SSSR count). The third-order valence-corrected chi connectivity index (χ3v) is 4.95. The highest BCUT2D eigenvalue weighted by atomic mass is 35.5. The molecular formula is C20H26ClNO3. The summed E-state index contributed by atoms with van der Waals surface area (Å²) in [7, 11) is 0. The van der Waals surface area contributed by atoms with Gasteiger partial charge in [-0.25, -0.2) is 4.79 Å². The van der Waals surface area contributed by atoms with Gasteiger partial charge in [0, 0.05) is 11.9 Å². The molecule has 0 aliphatic heterocycles. The number of aromatic nitrogens is 1. The molecule has 0 aliphatic rings. The van der Waals surface area contributed by atoms with Crippen molar-refractivity contribution in [3.63, 3.8) is 0 Å². The van der Waals surface area contributed by atoms with E-state index in [1.165, 1.54) is 32.1 Å². The molecule has 1 N–H and O–H groups in total. The van der Waals surface area contributed by atoms with E-state index >= 15 is 0 Å². The topological polar surface area (TPSA) is 59.3 Å². The van der Waals surface area contributed by atoms with Crippen LogP contribution >= 0.6 is 11.6 Å². The van der Waals surface area contributed by atoms with Crippen molar-refractivity contribution in [2.45, 2.75) is 64.8 Å². The van der Waals surface area contributed by atoms with Crippen molar-refractivity contribution in [2.24, 2.45) is 0 Å². The Morgan fingerprint density at radius 2 is 1.64 bits per heavy atom. The van der Waals surface area contributed by atoms with Crippen LogP contribution in [0.2, 0.25) is 5.02 Å². The fourth-order valence-corrected chi connectivity index (χ4v) is 3.50. The molecular weight excluding hydrogens is 338 g/mol. The first-order chi connectivity index (χ1) is 12.1. The summed E-state index contributed by atoms with van der Waals surface area (Å²) < 4.78 is 1.56. The molecule has 1 aromatic carbocycles. The molecule has 25 heavy (non-hydrogen) atoms. The number of carbonyl (C=O) groups is 1. The third kappa shape index (κ3) is 4.85. The summed E-state index contributed by atoms with van der Waals surface area (Å²) in [5.74, 6) is -1.27. The van der Waals surface area contributed by atoms with Crippen LogP contribution in [0.1, 0.15) is 68.6 Å². The largest absolute Gasteiger partial charge is 0.477 e. The van der Waals surface area contributed by atoms with Gasteiger partial charge in [-0.2, -0.15) is 0 Å². The second-order valence-electron chi connectivity index (χ2n) is 6.44. The van der Waals surface area contributed by atoms with Gasteiger partial charge in [-0.3, -0.25) is 4.79 Å². The number of halogens is 1. The molecule has 0 bridgehead atoms. The number of aromatic carboxylic acids is 1. The molecule has 0 unspecified atom stereocenters. The zero-order chi connectivity index (χ0) is 18.2. The van der Waals surface area contributed by atoms with Crippen LogP contribution in [0.3, 0.4) is 0 Å². The van der Waals surface area contributed by atoms with Crippen LogP contribution in [0.15, 0.2) is 29.1 Å². The Morgan fingerprint density at radius 3 is 2.28 bits per heavy atom. The van der Waals surface area contributed by atoms with Gasteiger partial charge in [0.25, 0.3) is 5.56 Å². The highest BCUT2D eigenvalue weighted by molar-refractivity contribution is 6.38. The van der Waals surface area contributed by atoms with Crippen LogP contribution in [-0.4, -0.2) is 15.6 Å². The van der Waals surface area contributed by atoms with E-state index in [4.69, 9.17) is 11.6 Å². The minimum atomic E-state index is -1.27. The van der Waals surface area contributed by atoms with Crippen LogP contribution in [0.25, 0.3) is 10.9 Å². The Balaban J connectivity index is 2.10. The molecule has 0 atom stereocenters. The minimum absolute atomic E-state index is 0.0280. The van der Waals surface area contributed by atoms with Gasteiger partial charge >= 0.3 is 5.97 Å². The van der Waals surface area contributed by atoms with Gasteiger partial charge in [0.1, 0.15) is 5.56 Å². The molecule has 4 nitrogen and oxygen atoms in total. The van der Waals surface area contributed by atoms with Crippen LogP contribution in [-0.2, 0) is 6.54 Å². The lowest BCUT2D eigenvalue weighted by molar-refractivity contribution is 0.0694. The molecule has 1 aromatic heterocycles. The van der Waals surface area contributed by atoms with Crippen molar-refractivity contribution in [1.29, 1.82) is 0 Å². The fraction of sp³-hybridized carbons (Fsp3) is 0.500. The van der Waals surface area contributed by atoms with E-state index in [2.05, 4.69) is 6.92 Å². The maximum Gasteiger partial charge on any atom is 0.342 e. The number of pyridine rings is 1. The average molecular weight is 364 g/mol. The van der Waals surface area contributed by atoms with E-state index in [0.29, 0.717) is 17.4 Å². The smallest absolute Gasteiger partial charge is 0.342 e. The summed E-state index contributed by atoms with van der Waals surface area (Å²) in [5.41, 5.74) is -0.149. The normalized spacial score (nSPS) is 11.1. The first-order valence-electron chi connectivity index (χ1n) is 9.12. The quantitative estimate of drug-likeness (QED) is 0.567. The molecule has 0 radical (unpaired) electrons. The van der Waals surface area contributed by atoms with Gasteiger partial charge in [0.15, 0.2) is 0 Å². The van der Waals surface area contributed by atoms with Gasteiger partial charge in [-0.05, 0) is 12.5 Å². The Labute approximate surface area is 153 Å². The Hall–Kier alpha value is -1.81. The van der Waals surface area contributed by atoms with Gasteiger partial charge in [-0.1, -0.05) is 81.7 Å². The number of carboxylic acids is 1. The average Bonchev–Trinajstić information content (AvgIpc) is 2.59. The molecule has 0 saturated heterocycles. The standard InChI is InChI=1S/C20H26ClNO3/c1-2-3-4-5-6-7-8-11-14-22-16-13-10-9-12-15(16)18(21)17(19(22)23)20(24)25/h9-10,12-13H,2-8,11,14H2,1H3,(H,24,25). The van der Waals surface area contributed by atoms with Crippen LogP contribution in [0.4, 0.5) is 0 Å². The molecule has 0 amide bonds. The summed E-state index contributed by atoms with van der Waals surface area (Å²) in [6.45, 7) is 2.73. The molecule has 0 spiro atoms. The first-order valence-corrected chi connectivity index (χ1v) is 9.50. The molecule has 0 fully saturated rings. The van der Waals surface area contributed by atoms with Crippen LogP contribution in [0.5, 0.6) is 0 Å². The van der Waals surface area contributed by atoms with Gasteiger partial charge in [0.05, 0.1) is 10.5 Å². The van der Waals surface area contributed by atoms with E-state index in [0.717, 1.165) is 19.3 Å². The summed E-state index contributed by atoms with van der Waals surface area (Å²) in [4.78, 5) is 24.0. The second-order valence-corrected chi connectivity index (χ2v) is 6.82. The van der Waals surface area contributed by atoms with Gasteiger partial charge in [-0.15, -0.1) is 0 Å². The second kappa shape index (κ2) is 9.62. The first kappa shape index (κ1) is 19.5. The summed E-state index contributed by atoms with van der Waals surface area (Å²) >= 11 is 6.16. The molecule has 5 heteroatoms. The lowest BCUT2D eigenvalue weighted by atomic mass is 10.1. The highest BCUT2D eigenvalue weighted by Crippen LogP contribution is 2.25. The number of fused-ring (bicyclic) bond motifs is 1. The fourth-order valence-electron chi connectivity index (χ4n) is 3.18. The predicted octanol–water partition coefficient (Wildman–Crippen LogP) is 5.49. The lowest BCUT2D eigenvalue weighted by Crippen LogP contribution is -2.27. The summed E-state index contributed by atoms with van der Waals surface area (Å²) in [5, 5.41) is 9.98. The van der Waals surface area contributed by atoms with Crippen molar-refractivity contribution in [3.8, 4) is 0 Å². The Kier molecular flexibility index (Phi) is 7.51. The van der Waals surface area contributed by atoms with Crippen molar-refractivity contribution in [3.05, 3.63) is 45.2 Å². The van der Waals surface area contributed by atoms with E-state index in [1.807, 2.05) is 12.1 Å². The third-order valence-electron chi connectivity index (χ3n) is 4.56. The highest BCUT2D eigenvalue weighted by Gasteiger charge is 2.20.